The van der Waals surface area contributed by atoms with E-state index in [9.17, 15) is 13.6 Å². The number of Topliss-reactive ketones (excluding diaryl/α,β-unsaturated/α-hetero) is 1. The number of carbonyl (C=O) groups excluding carboxylic acids is 1. The van der Waals surface area contributed by atoms with Gasteiger partial charge in [-0.05, 0) is 36.7 Å². The second kappa shape index (κ2) is 6.33. The van der Waals surface area contributed by atoms with Crippen molar-refractivity contribution in [3.05, 3.63) is 35.4 Å². The van der Waals surface area contributed by atoms with Gasteiger partial charge >= 0.3 is 0 Å². The average Bonchev–Trinajstić information content (AvgIpc) is 2.24. The third-order valence-corrected chi connectivity index (χ3v) is 2.14. The predicted molar refractivity (Wildman–Crippen MR) is 58.2 cm³/mol. The van der Waals surface area contributed by atoms with Gasteiger partial charge in [0.15, 0.2) is 5.78 Å². The first-order chi connectivity index (χ1) is 7.63. The topological polar surface area (TPSA) is 29.1 Å². The van der Waals surface area contributed by atoms with Crippen molar-refractivity contribution in [2.24, 2.45) is 0 Å². The molecule has 4 heteroatoms. The molecule has 0 heterocycles. The van der Waals surface area contributed by atoms with Gasteiger partial charge in [-0.1, -0.05) is 6.92 Å². The van der Waals surface area contributed by atoms with Gasteiger partial charge < -0.3 is 5.32 Å². The van der Waals surface area contributed by atoms with E-state index in [0.717, 1.165) is 31.2 Å². The summed E-state index contributed by atoms with van der Waals surface area (Å²) in [4.78, 5) is 11.4. The fourth-order valence-corrected chi connectivity index (χ4v) is 1.36. The second-order valence-corrected chi connectivity index (χ2v) is 3.63. The number of ketones is 1. The maximum absolute atomic E-state index is 13.2. The maximum Gasteiger partial charge on any atom is 0.151 e. The van der Waals surface area contributed by atoms with E-state index in [2.05, 4.69) is 5.32 Å². The standard InChI is InChI=1S/C12H15F2NO/c1-2-5-15-8-11(16)7-9-6-10(13)3-4-12(9)14/h3-4,6,15H,2,5,7-8H2,1H3. The van der Waals surface area contributed by atoms with Crippen LogP contribution in [0.4, 0.5) is 8.78 Å². The van der Waals surface area contributed by atoms with Crippen molar-refractivity contribution in [2.75, 3.05) is 13.1 Å². The van der Waals surface area contributed by atoms with Gasteiger partial charge in [0.05, 0.1) is 6.54 Å². The van der Waals surface area contributed by atoms with Crippen molar-refractivity contribution >= 4 is 5.78 Å². The normalized spacial score (nSPS) is 10.4. The molecule has 16 heavy (non-hydrogen) atoms. The van der Waals surface area contributed by atoms with E-state index in [0.29, 0.717) is 0 Å². The van der Waals surface area contributed by atoms with E-state index >= 15 is 0 Å². The number of hydrogen-bond acceptors (Lipinski definition) is 2. The summed E-state index contributed by atoms with van der Waals surface area (Å²) in [6, 6.07) is 3.14. The monoisotopic (exact) mass is 227 g/mol. The molecule has 88 valence electrons. The Bertz CT molecular complexity index is 366. The first-order valence-electron chi connectivity index (χ1n) is 5.29. The molecule has 1 N–H and O–H groups in total. The quantitative estimate of drug-likeness (QED) is 0.754. The Labute approximate surface area is 93.7 Å². The minimum absolute atomic E-state index is 0.0691. The Morgan fingerprint density at radius 3 is 2.81 bits per heavy atom. The van der Waals surface area contributed by atoms with Gasteiger partial charge in [-0.3, -0.25) is 4.79 Å². The number of nitrogens with one attached hydrogen (secondary N) is 1. The molecular weight excluding hydrogens is 212 g/mol. The van der Waals surface area contributed by atoms with Crippen molar-refractivity contribution in [2.45, 2.75) is 19.8 Å². The van der Waals surface area contributed by atoms with Crippen molar-refractivity contribution in [1.29, 1.82) is 0 Å². The SMILES string of the molecule is CCCNCC(=O)Cc1cc(F)ccc1F. The second-order valence-electron chi connectivity index (χ2n) is 3.63. The van der Waals surface area contributed by atoms with Crippen molar-refractivity contribution in [3.8, 4) is 0 Å². The fourth-order valence-electron chi connectivity index (χ4n) is 1.36. The van der Waals surface area contributed by atoms with Crippen LogP contribution in [-0.2, 0) is 11.2 Å². The molecule has 0 aliphatic rings. The summed E-state index contributed by atoms with van der Waals surface area (Å²) in [6.45, 7) is 2.94. The molecule has 0 atom stereocenters. The molecule has 0 aliphatic heterocycles. The maximum atomic E-state index is 13.2. The first-order valence-corrected chi connectivity index (χ1v) is 5.29. The third kappa shape index (κ3) is 4.06. The molecule has 0 unspecified atom stereocenters. The highest BCUT2D eigenvalue weighted by atomic mass is 19.1. The molecule has 1 rings (SSSR count). The molecule has 1 aromatic rings. The van der Waals surface area contributed by atoms with Crippen LogP contribution in [-0.4, -0.2) is 18.9 Å². The Morgan fingerprint density at radius 2 is 2.12 bits per heavy atom. The van der Waals surface area contributed by atoms with Gasteiger partial charge in [-0.2, -0.15) is 0 Å². The number of halogens is 2. The van der Waals surface area contributed by atoms with Crippen LogP contribution in [0.3, 0.4) is 0 Å². The van der Waals surface area contributed by atoms with Gasteiger partial charge in [0, 0.05) is 6.42 Å². The Balaban J connectivity index is 2.52. The highest BCUT2D eigenvalue weighted by molar-refractivity contribution is 5.82. The van der Waals surface area contributed by atoms with Crippen LogP contribution in [0.25, 0.3) is 0 Å². The van der Waals surface area contributed by atoms with E-state index in [-0.39, 0.29) is 24.3 Å². The summed E-state index contributed by atoms with van der Waals surface area (Å²) in [5.74, 6) is -1.20. The van der Waals surface area contributed by atoms with Gasteiger partial charge in [-0.15, -0.1) is 0 Å². The molecule has 0 spiro atoms. The molecule has 1 aromatic carbocycles. The molecule has 0 saturated carbocycles. The van der Waals surface area contributed by atoms with Crippen LogP contribution < -0.4 is 5.32 Å². The van der Waals surface area contributed by atoms with E-state index in [1.165, 1.54) is 0 Å². The van der Waals surface area contributed by atoms with Gasteiger partial charge in [0.1, 0.15) is 11.6 Å². The summed E-state index contributed by atoms with van der Waals surface area (Å²) < 4.78 is 26.0. The van der Waals surface area contributed by atoms with Crippen LogP contribution in [0.15, 0.2) is 18.2 Å². The van der Waals surface area contributed by atoms with Crippen LogP contribution in [0.5, 0.6) is 0 Å². The molecule has 0 aliphatic carbocycles. The van der Waals surface area contributed by atoms with Crippen LogP contribution in [0.2, 0.25) is 0 Å². The van der Waals surface area contributed by atoms with Crippen molar-refractivity contribution in [3.63, 3.8) is 0 Å². The number of hydrogen-bond donors (Lipinski definition) is 1. The molecule has 0 bridgehead atoms. The third-order valence-electron chi connectivity index (χ3n) is 2.14. The number of rotatable bonds is 6. The van der Waals surface area contributed by atoms with Crippen molar-refractivity contribution in [1.82, 2.24) is 5.32 Å². The lowest BCUT2D eigenvalue weighted by Crippen LogP contribution is -2.25. The highest BCUT2D eigenvalue weighted by Crippen LogP contribution is 2.10. The lowest BCUT2D eigenvalue weighted by Gasteiger charge is -2.04. The molecule has 2 nitrogen and oxygen atoms in total. The van der Waals surface area contributed by atoms with Gasteiger partial charge in [0.25, 0.3) is 0 Å². The minimum atomic E-state index is -0.537. The summed E-state index contributed by atoms with van der Waals surface area (Å²) in [5.41, 5.74) is 0.114. The van der Waals surface area contributed by atoms with Gasteiger partial charge in [-0.25, -0.2) is 8.78 Å². The Morgan fingerprint density at radius 1 is 1.38 bits per heavy atom. The minimum Gasteiger partial charge on any atom is -0.310 e. The van der Waals surface area contributed by atoms with Crippen LogP contribution in [0.1, 0.15) is 18.9 Å². The smallest absolute Gasteiger partial charge is 0.151 e. The van der Waals surface area contributed by atoms with E-state index in [4.69, 9.17) is 0 Å². The zero-order valence-electron chi connectivity index (χ0n) is 9.22. The molecule has 0 aromatic heterocycles. The summed E-state index contributed by atoms with van der Waals surface area (Å²) in [5, 5.41) is 2.92. The largest absolute Gasteiger partial charge is 0.310 e. The summed E-state index contributed by atoms with van der Waals surface area (Å²) >= 11 is 0. The molecule has 0 radical (unpaired) electrons. The van der Waals surface area contributed by atoms with E-state index in [1.807, 2.05) is 6.92 Å². The lowest BCUT2D eigenvalue weighted by molar-refractivity contribution is -0.117. The van der Waals surface area contributed by atoms with Crippen molar-refractivity contribution < 1.29 is 13.6 Å². The molecule has 0 saturated heterocycles. The van der Waals surface area contributed by atoms with Gasteiger partial charge in [0.2, 0.25) is 0 Å². The van der Waals surface area contributed by atoms with E-state index in [1.54, 1.807) is 0 Å². The van der Waals surface area contributed by atoms with E-state index < -0.39 is 11.6 Å². The summed E-state index contributed by atoms with van der Waals surface area (Å²) in [6.07, 6.45) is 0.863. The average molecular weight is 227 g/mol. The predicted octanol–water partition coefficient (Wildman–Crippen LogP) is 2.08. The zero-order valence-corrected chi connectivity index (χ0v) is 9.22. The lowest BCUT2D eigenvalue weighted by atomic mass is 10.1. The molecular formula is C12H15F2NO. The first kappa shape index (κ1) is 12.8. The highest BCUT2D eigenvalue weighted by Gasteiger charge is 2.08. The Hall–Kier alpha value is -1.29. The summed E-state index contributed by atoms with van der Waals surface area (Å²) in [7, 11) is 0. The number of benzene rings is 1. The molecule has 0 fully saturated rings. The molecule has 0 amide bonds. The van der Waals surface area contributed by atoms with Crippen LogP contribution in [0, 0.1) is 11.6 Å². The van der Waals surface area contributed by atoms with Crippen LogP contribution >= 0.6 is 0 Å². The fraction of sp³-hybridized carbons (Fsp3) is 0.417. The zero-order chi connectivity index (χ0) is 12.0. The Kier molecular flexibility index (Phi) is 5.05. The number of carbonyl (C=O) groups is 1.